The van der Waals surface area contributed by atoms with Gasteiger partial charge in [-0.05, 0) is 24.3 Å². The summed E-state index contributed by atoms with van der Waals surface area (Å²) in [7, 11) is 0. The van der Waals surface area contributed by atoms with Crippen molar-refractivity contribution >= 4 is 18.1 Å². The molecule has 1 aromatic heterocycles. The van der Waals surface area contributed by atoms with E-state index in [1.807, 2.05) is 6.07 Å². The Kier molecular flexibility index (Phi) is 2.38. The zero-order chi connectivity index (χ0) is 8.10. The van der Waals surface area contributed by atoms with Gasteiger partial charge in [0.1, 0.15) is 0 Å². The van der Waals surface area contributed by atoms with E-state index in [0.717, 1.165) is 5.69 Å². The van der Waals surface area contributed by atoms with Crippen molar-refractivity contribution in [1.29, 1.82) is 0 Å². The Morgan fingerprint density at radius 1 is 1.55 bits per heavy atom. The molecule has 0 spiro atoms. The highest BCUT2D eigenvalue weighted by atomic mass is 16.2. The van der Waals surface area contributed by atoms with Crippen molar-refractivity contribution in [2.75, 3.05) is 0 Å². The Labute approximate surface area is 63.7 Å². The maximum absolute atomic E-state index is 10.4. The van der Waals surface area contributed by atoms with Crippen molar-refractivity contribution in [3.8, 4) is 0 Å². The normalized spacial score (nSPS) is 10.2. The fraction of sp³-hybridized carbons (Fsp3) is 0. The molecule has 1 rings (SSSR count). The Balaban J connectivity index is 2.62. The van der Waals surface area contributed by atoms with E-state index in [0.29, 0.717) is 0 Å². The summed E-state index contributed by atoms with van der Waals surface area (Å²) in [4.78, 5) is 23.2. The number of aromatic nitrogens is 1. The molecular weight excluding hydrogens is 142 g/mol. The van der Waals surface area contributed by atoms with Crippen molar-refractivity contribution in [3.05, 3.63) is 30.1 Å². The van der Waals surface area contributed by atoms with Crippen LogP contribution in [-0.2, 0) is 9.59 Å². The molecule has 1 aromatic rings. The van der Waals surface area contributed by atoms with Gasteiger partial charge in [0, 0.05) is 11.9 Å². The summed E-state index contributed by atoms with van der Waals surface area (Å²) in [5.74, 6) is -0.528. The van der Waals surface area contributed by atoms with Crippen LogP contribution < -0.4 is 0 Å². The SMILES string of the molecule is O=CC(=O)C=Cc1ccc[nH]1. The van der Waals surface area contributed by atoms with Crippen LogP contribution in [0.5, 0.6) is 0 Å². The maximum atomic E-state index is 10.4. The van der Waals surface area contributed by atoms with Gasteiger partial charge in [-0.25, -0.2) is 0 Å². The average molecular weight is 149 g/mol. The lowest BCUT2D eigenvalue weighted by Gasteiger charge is -1.80. The zero-order valence-corrected chi connectivity index (χ0v) is 5.78. The van der Waals surface area contributed by atoms with Crippen LogP contribution in [0.2, 0.25) is 0 Å². The molecule has 1 heterocycles. The highest BCUT2D eigenvalue weighted by Crippen LogP contribution is 1.96. The average Bonchev–Trinajstić information content (AvgIpc) is 2.52. The highest BCUT2D eigenvalue weighted by molar-refractivity contribution is 6.31. The van der Waals surface area contributed by atoms with Crippen LogP contribution >= 0.6 is 0 Å². The monoisotopic (exact) mass is 149 g/mol. The number of aldehydes is 1. The summed E-state index contributed by atoms with van der Waals surface area (Å²) in [5, 5.41) is 0. The first-order valence-electron chi connectivity index (χ1n) is 3.13. The molecule has 3 nitrogen and oxygen atoms in total. The van der Waals surface area contributed by atoms with Crippen molar-refractivity contribution < 1.29 is 9.59 Å². The van der Waals surface area contributed by atoms with Gasteiger partial charge in [0.25, 0.3) is 0 Å². The summed E-state index contributed by atoms with van der Waals surface area (Å²) >= 11 is 0. The van der Waals surface area contributed by atoms with Gasteiger partial charge in [0.15, 0.2) is 6.29 Å². The minimum absolute atomic E-state index is 0.277. The third-order valence-electron chi connectivity index (χ3n) is 1.17. The molecule has 0 amide bonds. The molecule has 3 heteroatoms. The molecule has 0 aliphatic heterocycles. The molecule has 0 radical (unpaired) electrons. The third-order valence-corrected chi connectivity index (χ3v) is 1.17. The van der Waals surface area contributed by atoms with Gasteiger partial charge in [-0.1, -0.05) is 0 Å². The van der Waals surface area contributed by atoms with Crippen molar-refractivity contribution in [3.63, 3.8) is 0 Å². The summed E-state index contributed by atoms with van der Waals surface area (Å²) in [5.41, 5.74) is 0.806. The van der Waals surface area contributed by atoms with Gasteiger partial charge >= 0.3 is 0 Å². The van der Waals surface area contributed by atoms with E-state index in [-0.39, 0.29) is 6.29 Å². The molecule has 0 fully saturated rings. The molecule has 0 aromatic carbocycles. The van der Waals surface area contributed by atoms with Gasteiger partial charge in [-0.15, -0.1) is 0 Å². The summed E-state index contributed by atoms with van der Waals surface area (Å²) in [6.07, 6.45) is 4.79. The Bertz CT molecular complexity index is 272. The number of rotatable bonds is 3. The quantitative estimate of drug-likeness (QED) is 0.392. The van der Waals surface area contributed by atoms with E-state index in [9.17, 15) is 9.59 Å². The number of H-pyrrole nitrogens is 1. The fourth-order valence-electron chi connectivity index (χ4n) is 0.659. The minimum atomic E-state index is -0.528. The largest absolute Gasteiger partial charge is 0.362 e. The second-order valence-corrected chi connectivity index (χ2v) is 1.98. The summed E-state index contributed by atoms with van der Waals surface area (Å²) < 4.78 is 0. The van der Waals surface area contributed by atoms with Gasteiger partial charge in [0.2, 0.25) is 5.78 Å². The molecule has 0 saturated heterocycles. The van der Waals surface area contributed by atoms with E-state index in [4.69, 9.17) is 0 Å². The lowest BCUT2D eigenvalue weighted by Crippen LogP contribution is -1.90. The molecule has 0 bridgehead atoms. The first kappa shape index (κ1) is 7.47. The smallest absolute Gasteiger partial charge is 0.218 e. The number of hydrogen-bond donors (Lipinski definition) is 1. The van der Waals surface area contributed by atoms with Crippen molar-refractivity contribution in [2.45, 2.75) is 0 Å². The van der Waals surface area contributed by atoms with E-state index in [2.05, 4.69) is 4.98 Å². The number of nitrogens with one attached hydrogen (secondary N) is 1. The molecule has 0 aliphatic carbocycles. The Hall–Kier alpha value is -1.64. The zero-order valence-electron chi connectivity index (χ0n) is 5.78. The topological polar surface area (TPSA) is 49.9 Å². The number of ketones is 1. The first-order valence-corrected chi connectivity index (χ1v) is 3.13. The van der Waals surface area contributed by atoms with E-state index < -0.39 is 5.78 Å². The number of carbonyl (C=O) groups is 2. The standard InChI is InChI=1S/C8H7NO2/c10-6-8(11)4-3-7-2-1-5-9-7/h1-6,9H. The van der Waals surface area contributed by atoms with Crippen LogP contribution in [-0.4, -0.2) is 17.1 Å². The van der Waals surface area contributed by atoms with Gasteiger partial charge in [-0.2, -0.15) is 0 Å². The summed E-state index contributed by atoms with van der Waals surface area (Å²) in [6, 6.07) is 3.61. The Morgan fingerprint density at radius 2 is 2.36 bits per heavy atom. The van der Waals surface area contributed by atoms with Crippen LogP contribution in [0.3, 0.4) is 0 Å². The fourth-order valence-corrected chi connectivity index (χ4v) is 0.659. The van der Waals surface area contributed by atoms with Crippen molar-refractivity contribution in [2.24, 2.45) is 0 Å². The van der Waals surface area contributed by atoms with E-state index in [1.165, 1.54) is 6.08 Å². The molecule has 0 unspecified atom stereocenters. The van der Waals surface area contributed by atoms with Crippen LogP contribution in [0, 0.1) is 0 Å². The Morgan fingerprint density at radius 3 is 2.91 bits per heavy atom. The third kappa shape index (κ3) is 2.21. The molecular formula is C8H7NO2. The second kappa shape index (κ2) is 3.51. The molecule has 56 valence electrons. The maximum Gasteiger partial charge on any atom is 0.218 e. The molecule has 0 atom stereocenters. The number of aromatic amines is 1. The minimum Gasteiger partial charge on any atom is -0.362 e. The number of hydrogen-bond acceptors (Lipinski definition) is 2. The first-order chi connectivity index (χ1) is 5.33. The second-order valence-electron chi connectivity index (χ2n) is 1.98. The predicted molar refractivity (Wildman–Crippen MR) is 40.9 cm³/mol. The van der Waals surface area contributed by atoms with Crippen LogP contribution in [0.15, 0.2) is 24.4 Å². The van der Waals surface area contributed by atoms with Gasteiger partial charge < -0.3 is 4.98 Å². The van der Waals surface area contributed by atoms with E-state index >= 15 is 0 Å². The van der Waals surface area contributed by atoms with Crippen LogP contribution in [0.4, 0.5) is 0 Å². The van der Waals surface area contributed by atoms with Crippen LogP contribution in [0.1, 0.15) is 5.69 Å². The van der Waals surface area contributed by atoms with E-state index in [1.54, 1.807) is 18.3 Å². The highest BCUT2D eigenvalue weighted by Gasteiger charge is 1.89. The number of carbonyl (C=O) groups excluding carboxylic acids is 2. The predicted octanol–water partition coefficient (Wildman–Crippen LogP) is 0.796. The number of allylic oxidation sites excluding steroid dienone is 1. The molecule has 0 saturated carbocycles. The van der Waals surface area contributed by atoms with Crippen molar-refractivity contribution in [1.82, 2.24) is 4.98 Å². The van der Waals surface area contributed by atoms with Gasteiger partial charge in [0.05, 0.1) is 0 Å². The van der Waals surface area contributed by atoms with Crippen LogP contribution in [0.25, 0.3) is 6.08 Å². The summed E-state index contributed by atoms with van der Waals surface area (Å²) in [6.45, 7) is 0. The lowest BCUT2D eigenvalue weighted by molar-refractivity contribution is -0.126. The lowest BCUT2D eigenvalue weighted by atomic mass is 10.3. The van der Waals surface area contributed by atoms with Gasteiger partial charge in [-0.3, -0.25) is 9.59 Å². The molecule has 0 aliphatic rings. The molecule has 1 N–H and O–H groups in total. The molecule has 11 heavy (non-hydrogen) atoms.